The van der Waals surface area contributed by atoms with Gasteiger partial charge >= 0.3 is 5.97 Å². The second kappa shape index (κ2) is 8.78. The van der Waals surface area contributed by atoms with E-state index in [9.17, 15) is 9.90 Å². The second-order valence-electron chi connectivity index (χ2n) is 7.81. The van der Waals surface area contributed by atoms with Gasteiger partial charge in [0.2, 0.25) is 5.60 Å². The molecule has 0 radical (unpaired) electrons. The number of aromatic nitrogens is 2. The number of nitrogens with zero attached hydrogens (tertiary/aromatic N) is 3. The van der Waals surface area contributed by atoms with Crippen LogP contribution in [0.1, 0.15) is 18.3 Å². The fourth-order valence-corrected chi connectivity index (χ4v) is 3.71. The summed E-state index contributed by atoms with van der Waals surface area (Å²) in [5, 5.41) is 10.9. The first-order chi connectivity index (χ1) is 15.8. The summed E-state index contributed by atoms with van der Waals surface area (Å²) in [7, 11) is 3.42. The quantitative estimate of drug-likeness (QED) is 0.426. The number of aliphatic carboxylic acids is 1. The van der Waals surface area contributed by atoms with Crippen molar-refractivity contribution in [2.75, 3.05) is 19.1 Å². The van der Waals surface area contributed by atoms with E-state index >= 15 is 0 Å². The summed E-state index contributed by atoms with van der Waals surface area (Å²) in [5.74, 6) is 1.03. The van der Waals surface area contributed by atoms with Gasteiger partial charge in [-0.15, -0.1) is 0 Å². The van der Waals surface area contributed by atoms with E-state index in [-0.39, 0.29) is 0 Å². The van der Waals surface area contributed by atoms with Gasteiger partial charge in [0.1, 0.15) is 11.6 Å². The molecule has 1 aromatic heterocycles. The minimum absolute atomic E-state index is 0.311. The molecule has 168 valence electrons. The lowest BCUT2D eigenvalue weighted by Gasteiger charge is -2.28. The predicted octanol–water partition coefficient (Wildman–Crippen LogP) is 5.09. The third-order valence-corrected chi connectivity index (χ3v) is 5.59. The number of hydrogen-bond donors (Lipinski definition) is 1. The minimum Gasteiger partial charge on any atom is -0.493 e. The molecule has 4 aromatic rings. The molecular weight excluding hydrogens is 418 g/mol. The van der Waals surface area contributed by atoms with Crippen molar-refractivity contribution < 1.29 is 19.4 Å². The van der Waals surface area contributed by atoms with Crippen LogP contribution in [0, 0.1) is 6.92 Å². The number of fused-ring (bicyclic) bond motifs is 1. The molecule has 0 aliphatic heterocycles. The maximum Gasteiger partial charge on any atom is 0.352 e. The van der Waals surface area contributed by atoms with Crippen LogP contribution in [0.5, 0.6) is 11.5 Å². The van der Waals surface area contributed by atoms with E-state index in [2.05, 4.69) is 9.97 Å². The van der Waals surface area contributed by atoms with Crippen molar-refractivity contribution >= 4 is 28.4 Å². The number of aryl methyl sites for hydroxylation is 1. The molecule has 0 spiro atoms. The lowest BCUT2D eigenvalue weighted by atomic mass is 9.96. The van der Waals surface area contributed by atoms with Crippen LogP contribution < -0.4 is 14.4 Å². The molecule has 0 aliphatic carbocycles. The summed E-state index contributed by atoms with van der Waals surface area (Å²) >= 11 is 0. The number of carboxylic acid groups (broad SMARTS) is 1. The number of para-hydroxylation sites is 1. The van der Waals surface area contributed by atoms with Gasteiger partial charge in [-0.25, -0.2) is 14.8 Å². The molecule has 0 saturated carbocycles. The van der Waals surface area contributed by atoms with Crippen molar-refractivity contribution in [2.24, 2.45) is 0 Å². The molecule has 4 rings (SSSR count). The first-order valence-corrected chi connectivity index (χ1v) is 10.5. The van der Waals surface area contributed by atoms with Crippen molar-refractivity contribution in [2.45, 2.75) is 19.4 Å². The zero-order valence-corrected chi connectivity index (χ0v) is 18.9. The standard InChI is InChI=1S/C26H25N3O4/c1-17-27-21-13-9-8-12-20(21)24(28-17)29(3)19-14-15-22(32-4)23(16-19)33-26(2,25(30)31)18-10-6-5-7-11-18/h5-16H,1-4H3,(H,30,31). The van der Waals surface area contributed by atoms with Crippen molar-refractivity contribution in [3.05, 3.63) is 84.2 Å². The smallest absolute Gasteiger partial charge is 0.352 e. The van der Waals surface area contributed by atoms with Crippen LogP contribution in [-0.2, 0) is 10.4 Å². The topological polar surface area (TPSA) is 84.8 Å². The second-order valence-corrected chi connectivity index (χ2v) is 7.81. The van der Waals surface area contributed by atoms with E-state index in [1.807, 2.05) is 55.3 Å². The van der Waals surface area contributed by atoms with Crippen LogP contribution in [0.25, 0.3) is 10.9 Å². The van der Waals surface area contributed by atoms with Gasteiger partial charge < -0.3 is 19.5 Å². The fraction of sp³-hybridized carbons (Fsp3) is 0.192. The van der Waals surface area contributed by atoms with Crippen molar-refractivity contribution in [3.8, 4) is 11.5 Å². The molecule has 7 heteroatoms. The van der Waals surface area contributed by atoms with Crippen LogP contribution in [0.2, 0.25) is 0 Å². The molecule has 1 heterocycles. The molecule has 0 bridgehead atoms. The summed E-state index contributed by atoms with van der Waals surface area (Å²) in [6, 6.07) is 22.0. The van der Waals surface area contributed by atoms with E-state index < -0.39 is 11.6 Å². The van der Waals surface area contributed by atoms with E-state index in [0.29, 0.717) is 22.9 Å². The predicted molar refractivity (Wildman–Crippen MR) is 127 cm³/mol. The Bertz CT molecular complexity index is 1310. The summed E-state index contributed by atoms with van der Waals surface area (Å²) in [6.45, 7) is 3.38. The molecule has 1 N–H and O–H groups in total. The summed E-state index contributed by atoms with van der Waals surface area (Å²) in [4.78, 5) is 23.3. The molecule has 1 atom stereocenters. The maximum atomic E-state index is 12.3. The Morgan fingerprint density at radius 2 is 1.67 bits per heavy atom. The largest absolute Gasteiger partial charge is 0.493 e. The highest BCUT2D eigenvalue weighted by Gasteiger charge is 2.38. The van der Waals surface area contributed by atoms with Crippen LogP contribution in [0.3, 0.4) is 0 Å². The molecule has 0 amide bonds. The number of carboxylic acids is 1. The first-order valence-electron chi connectivity index (χ1n) is 10.5. The van der Waals surface area contributed by atoms with E-state index in [4.69, 9.17) is 9.47 Å². The van der Waals surface area contributed by atoms with Gasteiger partial charge in [-0.3, -0.25) is 0 Å². The van der Waals surface area contributed by atoms with Crippen molar-refractivity contribution in [1.29, 1.82) is 0 Å². The van der Waals surface area contributed by atoms with Gasteiger partial charge in [0.05, 0.1) is 12.6 Å². The zero-order valence-electron chi connectivity index (χ0n) is 18.9. The van der Waals surface area contributed by atoms with Crippen LogP contribution in [-0.4, -0.2) is 35.2 Å². The van der Waals surface area contributed by atoms with Gasteiger partial charge in [-0.1, -0.05) is 42.5 Å². The van der Waals surface area contributed by atoms with Crippen LogP contribution in [0.15, 0.2) is 72.8 Å². The average molecular weight is 444 g/mol. The van der Waals surface area contributed by atoms with Gasteiger partial charge in [0, 0.05) is 29.8 Å². The molecule has 0 fully saturated rings. The van der Waals surface area contributed by atoms with E-state index in [1.165, 1.54) is 14.0 Å². The highest BCUT2D eigenvalue weighted by atomic mass is 16.5. The first kappa shape index (κ1) is 22.1. The van der Waals surface area contributed by atoms with Gasteiger partial charge in [0.25, 0.3) is 0 Å². The highest BCUT2D eigenvalue weighted by molar-refractivity contribution is 5.91. The van der Waals surface area contributed by atoms with Crippen LogP contribution in [0.4, 0.5) is 11.5 Å². The monoisotopic (exact) mass is 443 g/mol. The number of carbonyl (C=O) groups is 1. The number of benzene rings is 3. The zero-order chi connectivity index (χ0) is 23.6. The maximum absolute atomic E-state index is 12.3. The third-order valence-electron chi connectivity index (χ3n) is 5.59. The number of hydrogen-bond acceptors (Lipinski definition) is 6. The lowest BCUT2D eigenvalue weighted by molar-refractivity contribution is -0.154. The van der Waals surface area contributed by atoms with E-state index in [0.717, 1.165) is 22.4 Å². The Hall–Kier alpha value is -4.13. The number of ether oxygens (including phenoxy) is 2. The Morgan fingerprint density at radius 3 is 2.36 bits per heavy atom. The Kier molecular flexibility index (Phi) is 5.87. The fourth-order valence-electron chi connectivity index (χ4n) is 3.71. The van der Waals surface area contributed by atoms with Crippen molar-refractivity contribution in [1.82, 2.24) is 9.97 Å². The van der Waals surface area contributed by atoms with Gasteiger partial charge in [0.15, 0.2) is 11.5 Å². The molecule has 33 heavy (non-hydrogen) atoms. The normalized spacial score (nSPS) is 12.7. The minimum atomic E-state index is -1.61. The summed E-state index contributed by atoms with van der Waals surface area (Å²) in [6.07, 6.45) is 0. The van der Waals surface area contributed by atoms with Crippen molar-refractivity contribution in [3.63, 3.8) is 0 Å². The molecule has 3 aromatic carbocycles. The SMILES string of the molecule is COc1ccc(N(C)c2nc(C)nc3ccccc23)cc1OC(C)(C(=O)O)c1ccccc1. The molecule has 0 saturated heterocycles. The van der Waals surface area contributed by atoms with Crippen LogP contribution >= 0.6 is 0 Å². The molecule has 0 aliphatic rings. The Morgan fingerprint density at radius 1 is 0.970 bits per heavy atom. The highest BCUT2D eigenvalue weighted by Crippen LogP contribution is 2.39. The van der Waals surface area contributed by atoms with Gasteiger partial charge in [-0.2, -0.15) is 0 Å². The molecular formula is C26H25N3O4. The third kappa shape index (κ3) is 4.17. The Balaban J connectivity index is 1.79. The Labute approximate surface area is 192 Å². The number of methoxy groups -OCH3 is 1. The van der Waals surface area contributed by atoms with Gasteiger partial charge in [-0.05, 0) is 38.1 Å². The van der Waals surface area contributed by atoms with E-state index in [1.54, 1.807) is 36.4 Å². The number of anilines is 2. The summed E-state index contributed by atoms with van der Waals surface area (Å²) < 4.78 is 11.6. The number of rotatable bonds is 7. The average Bonchev–Trinajstić information content (AvgIpc) is 2.83. The molecule has 1 unspecified atom stereocenters. The summed E-state index contributed by atoms with van der Waals surface area (Å²) in [5.41, 5.74) is 0.522. The molecule has 7 nitrogen and oxygen atoms in total. The lowest BCUT2D eigenvalue weighted by Crippen LogP contribution is -2.38.